The molecular weight excluding hydrogens is 897 g/mol. The summed E-state index contributed by atoms with van der Waals surface area (Å²) in [6.45, 7) is 16.3. The first-order valence-corrected chi connectivity index (χ1v) is 24.6. The molecule has 1 N–H and O–H groups in total. The van der Waals surface area contributed by atoms with E-state index in [0.717, 1.165) is 11.8 Å². The molecule has 0 aromatic heterocycles. The lowest BCUT2D eigenvalue weighted by Crippen LogP contribution is -2.67. The van der Waals surface area contributed by atoms with Gasteiger partial charge in [-0.15, -0.1) is 0 Å². The molecule has 0 aliphatic carbocycles. The third-order valence-corrected chi connectivity index (χ3v) is 13.7. The topological polar surface area (TPSA) is 212 Å². The second kappa shape index (κ2) is 27.0. The van der Waals surface area contributed by atoms with E-state index in [-0.39, 0.29) is 38.0 Å². The maximum absolute atomic E-state index is 13.9. The number of aliphatic hydroxyl groups is 1. The van der Waals surface area contributed by atoms with E-state index >= 15 is 0 Å². The molecule has 69 heavy (non-hydrogen) atoms. The summed E-state index contributed by atoms with van der Waals surface area (Å²) in [6.07, 6.45) is -8.65. The van der Waals surface area contributed by atoms with E-state index in [2.05, 4.69) is 17.0 Å². The zero-order valence-electron chi connectivity index (χ0n) is 42.9. The number of methoxy groups -OCH3 is 1. The van der Waals surface area contributed by atoms with Crippen molar-refractivity contribution >= 4 is 36.1 Å². The Bertz CT molecular complexity index is 1820. The van der Waals surface area contributed by atoms with Crippen LogP contribution < -0.4 is 0 Å². The molecule has 3 aliphatic heterocycles. The Morgan fingerprint density at radius 3 is 2.17 bits per heavy atom. The molecular formula is C51H80N2O16. The number of cyclic esters (lactones) is 1. The van der Waals surface area contributed by atoms with Crippen LogP contribution in [-0.2, 0) is 77.8 Å². The van der Waals surface area contributed by atoms with Crippen LogP contribution in [0.25, 0.3) is 0 Å². The van der Waals surface area contributed by atoms with Gasteiger partial charge in [-0.1, -0.05) is 51.1 Å². The number of hydrogen-bond acceptors (Lipinski definition) is 18. The SMILES string of the molecule is CCC(=O)O[C@@H]1CC(=O)O[C@H](C)CCN(CCc2ccccc2)C[C@H](OC(C)=O)[C@H](C)C[C@H](CC=O)[C@H]([C@@H]2O[C@H](C)[C@@H](O[C@@H]3C[C@@](C)(OC(C)=O)[C@@H](OC(=O)CC)[C@H](C)O3)[C@H](N(C)C)[C@H]2O)[C@@H]1OC. The number of carbonyl (C=O) groups excluding carboxylic acids is 6. The smallest absolute Gasteiger partial charge is 0.309 e. The zero-order chi connectivity index (χ0) is 51.2. The Kier molecular flexibility index (Phi) is 22.5. The van der Waals surface area contributed by atoms with Gasteiger partial charge in [-0.05, 0) is 78.5 Å². The third-order valence-electron chi connectivity index (χ3n) is 13.7. The van der Waals surface area contributed by atoms with Crippen LogP contribution in [0.2, 0.25) is 0 Å². The Morgan fingerprint density at radius 2 is 1.58 bits per heavy atom. The van der Waals surface area contributed by atoms with Gasteiger partial charge in [0.05, 0.1) is 36.9 Å². The van der Waals surface area contributed by atoms with E-state index in [1.54, 1.807) is 60.5 Å². The molecule has 4 rings (SSSR count). The lowest BCUT2D eigenvalue weighted by atomic mass is 9.71. The van der Waals surface area contributed by atoms with Crippen LogP contribution in [0, 0.1) is 17.8 Å². The maximum atomic E-state index is 13.9. The van der Waals surface area contributed by atoms with Crippen molar-refractivity contribution in [2.75, 3.05) is 40.8 Å². The van der Waals surface area contributed by atoms with E-state index < -0.39 is 127 Å². The Morgan fingerprint density at radius 1 is 0.913 bits per heavy atom. The fourth-order valence-corrected chi connectivity index (χ4v) is 10.4. The van der Waals surface area contributed by atoms with Crippen molar-refractivity contribution in [1.82, 2.24) is 9.80 Å². The minimum atomic E-state index is -1.37. The monoisotopic (exact) mass is 977 g/mol. The van der Waals surface area contributed by atoms with E-state index in [4.69, 9.17) is 42.6 Å². The van der Waals surface area contributed by atoms with Gasteiger partial charge >= 0.3 is 29.8 Å². The minimum Gasteiger partial charge on any atom is -0.463 e. The van der Waals surface area contributed by atoms with Gasteiger partial charge in [-0.3, -0.25) is 28.9 Å². The standard InChI is InChI=1S/C51H80N2O16/c1-13-40(57)66-38-27-42(59)62-31(4)20-23-53(24-21-36-18-16-15-17-19-36)29-39(65-34(7)55)30(3)26-37(22-25-54)44(48(38)61-12)49-46(60)45(52(10)11)47(32(5)64-49)68-43-28-51(9,69-35(8)56)50(33(6)63-43)67-41(58)14-2/h15-19,25,30-33,37-39,43-50,60H,13-14,20-24,26-29H2,1-12H3/t30-,31-,32-,33+,37+,38-,39+,43-,44+,45-,46-,47-,48-,49+,50+,51-/m1/s1. The molecule has 0 saturated carbocycles. The van der Waals surface area contributed by atoms with E-state index in [1.165, 1.54) is 21.0 Å². The highest BCUT2D eigenvalue weighted by Crippen LogP contribution is 2.43. The lowest BCUT2D eigenvalue weighted by molar-refractivity contribution is -0.319. The van der Waals surface area contributed by atoms with E-state index in [9.17, 15) is 33.9 Å². The summed E-state index contributed by atoms with van der Waals surface area (Å²) in [4.78, 5) is 81.8. The molecule has 0 bridgehead atoms. The first kappa shape index (κ1) is 57.5. The number of ether oxygens (including phenoxy) is 9. The Hall–Kier alpha value is -4.04. The minimum absolute atomic E-state index is 0.0117. The highest BCUT2D eigenvalue weighted by molar-refractivity contribution is 5.73. The Balaban J connectivity index is 1.80. The van der Waals surface area contributed by atoms with Crippen molar-refractivity contribution in [3.8, 4) is 0 Å². The van der Waals surface area contributed by atoms with Gasteiger partial charge in [0.2, 0.25) is 0 Å². The van der Waals surface area contributed by atoms with Crippen molar-refractivity contribution in [3.05, 3.63) is 35.9 Å². The van der Waals surface area contributed by atoms with Gasteiger partial charge in [0, 0.05) is 72.2 Å². The van der Waals surface area contributed by atoms with Crippen LogP contribution in [0.1, 0.15) is 113 Å². The molecule has 16 atom stereocenters. The van der Waals surface area contributed by atoms with Gasteiger partial charge in [0.1, 0.15) is 36.8 Å². The largest absolute Gasteiger partial charge is 0.463 e. The van der Waals surface area contributed by atoms with Gasteiger partial charge < -0.3 is 57.4 Å². The number of aliphatic hydroxyl groups excluding tert-OH is 1. The molecule has 390 valence electrons. The quantitative estimate of drug-likeness (QED) is 0.136. The van der Waals surface area contributed by atoms with Crippen molar-refractivity contribution in [3.63, 3.8) is 0 Å². The number of benzene rings is 1. The average Bonchev–Trinajstić information content (AvgIpc) is 3.27. The molecule has 3 saturated heterocycles. The fraction of sp³-hybridized carbons (Fsp3) is 0.765. The molecule has 1 aromatic carbocycles. The molecule has 1 aromatic rings. The lowest BCUT2D eigenvalue weighted by Gasteiger charge is -2.53. The second-order valence-corrected chi connectivity index (χ2v) is 19.5. The van der Waals surface area contributed by atoms with Crippen LogP contribution in [0.3, 0.4) is 0 Å². The number of nitrogens with zero attached hydrogens (tertiary/aromatic N) is 2. The molecule has 0 spiro atoms. The molecule has 3 heterocycles. The number of rotatable bonds is 16. The van der Waals surface area contributed by atoms with Crippen LogP contribution in [0.5, 0.6) is 0 Å². The van der Waals surface area contributed by atoms with Crippen molar-refractivity contribution < 1.29 is 76.5 Å². The summed E-state index contributed by atoms with van der Waals surface area (Å²) in [6, 6.07) is 9.20. The maximum Gasteiger partial charge on any atom is 0.309 e. The predicted molar refractivity (Wildman–Crippen MR) is 251 cm³/mol. The molecule has 0 radical (unpaired) electrons. The van der Waals surface area contributed by atoms with Gasteiger partial charge in [-0.25, -0.2) is 0 Å². The highest BCUT2D eigenvalue weighted by atomic mass is 16.7. The summed E-state index contributed by atoms with van der Waals surface area (Å²) >= 11 is 0. The van der Waals surface area contributed by atoms with E-state index in [1.807, 2.05) is 25.1 Å². The summed E-state index contributed by atoms with van der Waals surface area (Å²) < 4.78 is 55.8. The average molecular weight is 977 g/mol. The zero-order valence-corrected chi connectivity index (χ0v) is 42.9. The van der Waals surface area contributed by atoms with Crippen molar-refractivity contribution in [2.45, 2.75) is 193 Å². The third kappa shape index (κ3) is 16.2. The van der Waals surface area contributed by atoms with Crippen LogP contribution >= 0.6 is 0 Å². The number of esters is 5. The number of aldehydes is 1. The Labute approximate surface area is 408 Å². The van der Waals surface area contributed by atoms with Crippen LogP contribution in [0.4, 0.5) is 0 Å². The summed E-state index contributed by atoms with van der Waals surface area (Å²) in [5.74, 6) is -4.75. The molecule has 18 nitrogen and oxygen atoms in total. The number of hydrogen-bond donors (Lipinski definition) is 1. The molecule has 3 aliphatic rings. The second-order valence-electron chi connectivity index (χ2n) is 19.5. The molecule has 18 heteroatoms. The van der Waals surface area contributed by atoms with Crippen molar-refractivity contribution in [1.29, 1.82) is 0 Å². The van der Waals surface area contributed by atoms with Crippen LogP contribution in [0.15, 0.2) is 30.3 Å². The van der Waals surface area contributed by atoms with Crippen molar-refractivity contribution in [2.24, 2.45) is 17.8 Å². The normalized spacial score (nSPS) is 35.4. The molecule has 3 fully saturated rings. The van der Waals surface area contributed by atoms with E-state index in [0.29, 0.717) is 32.5 Å². The number of likely N-dealkylation sites (N-methyl/N-ethyl adjacent to an activating group) is 1. The van der Waals surface area contributed by atoms with Gasteiger partial charge in [0.25, 0.3) is 0 Å². The first-order valence-electron chi connectivity index (χ1n) is 24.6. The summed E-state index contributed by atoms with van der Waals surface area (Å²) in [7, 11) is 4.97. The number of carbonyl (C=O) groups is 6. The van der Waals surface area contributed by atoms with Crippen LogP contribution in [-0.4, -0.2) is 171 Å². The highest BCUT2D eigenvalue weighted by Gasteiger charge is 2.56. The molecule has 0 amide bonds. The van der Waals surface area contributed by atoms with Gasteiger partial charge in [-0.2, -0.15) is 0 Å². The first-order chi connectivity index (χ1) is 32.6. The summed E-state index contributed by atoms with van der Waals surface area (Å²) in [5, 5.41) is 12.8. The van der Waals surface area contributed by atoms with Gasteiger partial charge in [0.15, 0.2) is 18.0 Å². The predicted octanol–water partition coefficient (Wildman–Crippen LogP) is 4.61. The summed E-state index contributed by atoms with van der Waals surface area (Å²) in [5.41, 5.74) is -0.209. The fourth-order valence-electron chi connectivity index (χ4n) is 10.4. The molecule has 0 unspecified atom stereocenters.